The number of fused-ring (bicyclic) bond motifs is 1. The van der Waals surface area contributed by atoms with Crippen LogP contribution < -0.4 is 4.74 Å². The van der Waals surface area contributed by atoms with Gasteiger partial charge in [0, 0.05) is 17.0 Å². The molecule has 0 saturated heterocycles. The Morgan fingerprint density at radius 2 is 1.95 bits per heavy atom. The number of carboxylic acid groups (broad SMARTS) is 1. The van der Waals surface area contributed by atoms with Crippen molar-refractivity contribution >= 4 is 16.7 Å². The lowest BCUT2D eigenvalue weighted by Crippen LogP contribution is -1.91. The van der Waals surface area contributed by atoms with Crippen LogP contribution in [-0.2, 0) is 0 Å². The summed E-state index contributed by atoms with van der Waals surface area (Å²) in [7, 11) is 1.61. The molecule has 20 heavy (non-hydrogen) atoms. The maximum atomic E-state index is 10.9. The van der Waals surface area contributed by atoms with Crippen LogP contribution in [-0.4, -0.2) is 23.3 Å². The van der Waals surface area contributed by atoms with E-state index < -0.39 is 5.97 Å². The highest BCUT2D eigenvalue weighted by molar-refractivity contribution is 6.00. The summed E-state index contributed by atoms with van der Waals surface area (Å²) in [5.74, 6) is -0.562. The Balaban J connectivity index is 2.23. The van der Waals surface area contributed by atoms with Crippen LogP contribution in [0, 0.1) is 0 Å². The summed E-state index contributed by atoms with van der Waals surface area (Å²) in [4.78, 5) is 10.9. The summed E-state index contributed by atoms with van der Waals surface area (Å²) in [6.45, 7) is 0. The normalized spacial score (nSPS) is 10.7. The third kappa shape index (κ3) is 1.89. The van der Waals surface area contributed by atoms with Crippen molar-refractivity contribution in [2.75, 3.05) is 7.11 Å². The molecule has 0 spiro atoms. The minimum absolute atomic E-state index is 0.181. The van der Waals surface area contributed by atoms with Crippen molar-refractivity contribution < 1.29 is 19.2 Å². The fraction of sp³-hybridized carbons (Fsp3) is 0.0667. The van der Waals surface area contributed by atoms with Crippen molar-refractivity contribution in [2.24, 2.45) is 0 Å². The van der Waals surface area contributed by atoms with E-state index in [1.165, 1.54) is 6.07 Å². The van der Waals surface area contributed by atoms with Gasteiger partial charge in [-0.3, -0.25) is 0 Å². The SMILES string of the molecule is COc1ccc(-c2cc(C(=O)O)on2)c2ccccc12. The lowest BCUT2D eigenvalue weighted by atomic mass is 10.0. The third-order valence-corrected chi connectivity index (χ3v) is 3.10. The third-order valence-electron chi connectivity index (χ3n) is 3.10. The number of aromatic nitrogens is 1. The van der Waals surface area contributed by atoms with E-state index in [1.807, 2.05) is 36.4 Å². The van der Waals surface area contributed by atoms with Crippen molar-refractivity contribution in [1.82, 2.24) is 5.16 Å². The summed E-state index contributed by atoms with van der Waals surface area (Å²) >= 11 is 0. The zero-order valence-corrected chi connectivity index (χ0v) is 10.7. The predicted octanol–water partition coefficient (Wildman–Crippen LogP) is 3.20. The highest BCUT2D eigenvalue weighted by Gasteiger charge is 2.15. The molecule has 3 rings (SSSR count). The highest BCUT2D eigenvalue weighted by atomic mass is 16.5. The maximum Gasteiger partial charge on any atom is 0.374 e. The largest absolute Gasteiger partial charge is 0.496 e. The molecular formula is C15H11NO4. The predicted molar refractivity (Wildman–Crippen MR) is 73.0 cm³/mol. The first kappa shape index (κ1) is 12.2. The van der Waals surface area contributed by atoms with Gasteiger partial charge < -0.3 is 14.4 Å². The van der Waals surface area contributed by atoms with Gasteiger partial charge in [0.05, 0.1) is 7.11 Å². The molecule has 0 saturated carbocycles. The molecule has 0 amide bonds. The monoisotopic (exact) mass is 269 g/mol. The summed E-state index contributed by atoms with van der Waals surface area (Å²) in [5.41, 5.74) is 1.29. The smallest absolute Gasteiger partial charge is 0.374 e. The molecule has 0 aliphatic carbocycles. The van der Waals surface area contributed by atoms with Gasteiger partial charge >= 0.3 is 5.97 Å². The molecule has 0 bridgehead atoms. The van der Waals surface area contributed by atoms with Crippen LogP contribution in [0.3, 0.4) is 0 Å². The molecule has 5 nitrogen and oxygen atoms in total. The fourth-order valence-corrected chi connectivity index (χ4v) is 2.18. The molecule has 0 unspecified atom stereocenters. The van der Waals surface area contributed by atoms with Gasteiger partial charge in [-0.1, -0.05) is 29.4 Å². The van der Waals surface area contributed by atoms with Gasteiger partial charge in [0.15, 0.2) is 0 Å². The molecule has 0 atom stereocenters. The van der Waals surface area contributed by atoms with Crippen LogP contribution in [0.2, 0.25) is 0 Å². The number of hydrogen-bond acceptors (Lipinski definition) is 4. The first-order valence-corrected chi connectivity index (χ1v) is 5.97. The minimum Gasteiger partial charge on any atom is -0.496 e. The van der Waals surface area contributed by atoms with E-state index >= 15 is 0 Å². The molecule has 0 aliphatic rings. The zero-order chi connectivity index (χ0) is 14.1. The van der Waals surface area contributed by atoms with Gasteiger partial charge in [-0.15, -0.1) is 0 Å². The minimum atomic E-state index is -1.14. The number of nitrogens with zero attached hydrogens (tertiary/aromatic N) is 1. The molecule has 2 aromatic carbocycles. The first-order valence-electron chi connectivity index (χ1n) is 5.97. The molecule has 1 heterocycles. The Morgan fingerprint density at radius 1 is 1.20 bits per heavy atom. The Morgan fingerprint density at radius 3 is 2.60 bits per heavy atom. The van der Waals surface area contributed by atoms with Gasteiger partial charge in [0.1, 0.15) is 11.4 Å². The van der Waals surface area contributed by atoms with E-state index in [2.05, 4.69) is 5.16 Å². The van der Waals surface area contributed by atoms with Gasteiger partial charge in [0.25, 0.3) is 0 Å². The quantitative estimate of drug-likeness (QED) is 0.790. The number of hydrogen-bond donors (Lipinski definition) is 1. The standard InChI is InChI=1S/C15H11NO4/c1-19-13-7-6-10(9-4-2-3-5-11(9)13)12-8-14(15(17)18)20-16-12/h2-8H,1H3,(H,17,18). The van der Waals surface area contributed by atoms with Crippen LogP contribution >= 0.6 is 0 Å². The van der Waals surface area contributed by atoms with Gasteiger partial charge in [0.2, 0.25) is 5.76 Å². The number of carboxylic acids is 1. The molecule has 0 fully saturated rings. The molecule has 1 N–H and O–H groups in total. The van der Waals surface area contributed by atoms with Crippen molar-refractivity contribution in [1.29, 1.82) is 0 Å². The summed E-state index contributed by atoms with van der Waals surface area (Å²) in [5, 5.41) is 14.6. The van der Waals surface area contributed by atoms with E-state index in [-0.39, 0.29) is 5.76 Å². The summed E-state index contributed by atoms with van der Waals surface area (Å²) < 4.78 is 10.1. The van der Waals surface area contributed by atoms with Crippen molar-refractivity contribution in [3.63, 3.8) is 0 Å². The summed E-state index contributed by atoms with van der Waals surface area (Å²) in [6, 6.07) is 12.8. The lowest BCUT2D eigenvalue weighted by molar-refractivity contribution is 0.0652. The Hall–Kier alpha value is -2.82. The van der Waals surface area contributed by atoms with Gasteiger partial charge in [-0.25, -0.2) is 4.79 Å². The summed E-state index contributed by atoms with van der Waals surface area (Å²) in [6.07, 6.45) is 0. The first-order chi connectivity index (χ1) is 9.70. The van der Waals surface area contributed by atoms with E-state index in [4.69, 9.17) is 14.4 Å². The molecule has 5 heteroatoms. The van der Waals surface area contributed by atoms with Crippen LogP contribution in [0.15, 0.2) is 47.0 Å². The van der Waals surface area contributed by atoms with E-state index in [9.17, 15) is 4.79 Å². The zero-order valence-electron chi connectivity index (χ0n) is 10.7. The van der Waals surface area contributed by atoms with E-state index in [0.29, 0.717) is 5.69 Å². The van der Waals surface area contributed by atoms with Gasteiger partial charge in [-0.05, 0) is 17.5 Å². The molecule has 1 aromatic heterocycles. The van der Waals surface area contributed by atoms with Gasteiger partial charge in [-0.2, -0.15) is 0 Å². The number of carbonyl (C=O) groups is 1. The van der Waals surface area contributed by atoms with E-state index in [0.717, 1.165) is 22.1 Å². The van der Waals surface area contributed by atoms with E-state index in [1.54, 1.807) is 7.11 Å². The highest BCUT2D eigenvalue weighted by Crippen LogP contribution is 2.33. The molecular weight excluding hydrogens is 258 g/mol. The second-order valence-corrected chi connectivity index (χ2v) is 4.24. The van der Waals surface area contributed by atoms with Crippen LogP contribution in [0.1, 0.15) is 10.6 Å². The Bertz CT molecular complexity index is 791. The average Bonchev–Trinajstić information content (AvgIpc) is 2.96. The van der Waals surface area contributed by atoms with Crippen LogP contribution in [0.25, 0.3) is 22.0 Å². The molecule has 0 radical (unpaired) electrons. The number of aromatic carboxylic acids is 1. The number of ether oxygens (including phenoxy) is 1. The topological polar surface area (TPSA) is 72.6 Å². The van der Waals surface area contributed by atoms with Crippen molar-refractivity contribution in [2.45, 2.75) is 0 Å². The fourth-order valence-electron chi connectivity index (χ4n) is 2.18. The molecule has 100 valence electrons. The second kappa shape index (κ2) is 4.70. The molecule has 0 aliphatic heterocycles. The maximum absolute atomic E-state index is 10.9. The lowest BCUT2D eigenvalue weighted by Gasteiger charge is -2.08. The Labute approximate surface area is 114 Å². The average molecular weight is 269 g/mol. The van der Waals surface area contributed by atoms with Crippen molar-refractivity contribution in [3.8, 4) is 17.0 Å². The number of methoxy groups -OCH3 is 1. The molecule has 3 aromatic rings. The number of rotatable bonds is 3. The van der Waals surface area contributed by atoms with Crippen LogP contribution in [0.4, 0.5) is 0 Å². The van der Waals surface area contributed by atoms with Crippen LogP contribution in [0.5, 0.6) is 5.75 Å². The number of benzene rings is 2. The second-order valence-electron chi connectivity index (χ2n) is 4.24. The van der Waals surface area contributed by atoms with Crippen molar-refractivity contribution in [3.05, 3.63) is 48.2 Å². The Kier molecular flexibility index (Phi) is 2.87.